The van der Waals surface area contributed by atoms with E-state index >= 15 is 0 Å². The minimum Gasteiger partial charge on any atom is -0.458 e. The molecule has 490 valence electrons. The van der Waals surface area contributed by atoms with Crippen LogP contribution in [0.2, 0.25) is 0 Å². The molecule has 0 spiro atoms. The molecular formula is C59H99N13O15. The molecule has 1 saturated heterocycles. The molecule has 11 amide bonds. The summed E-state index contributed by atoms with van der Waals surface area (Å²) in [7, 11) is 2.89. The van der Waals surface area contributed by atoms with Crippen LogP contribution in [0, 0.1) is 23.7 Å². The number of rotatable bonds is 34. The number of esters is 1. The van der Waals surface area contributed by atoms with E-state index in [1.165, 1.54) is 20.9 Å². The summed E-state index contributed by atoms with van der Waals surface area (Å²) in [6.45, 7) is 14.6. The van der Waals surface area contributed by atoms with Crippen molar-refractivity contribution in [2.45, 2.75) is 206 Å². The number of likely N-dealkylation sites (N-methyl/N-ethyl adjacent to an activating group) is 2. The second kappa shape index (κ2) is 38.1. The summed E-state index contributed by atoms with van der Waals surface area (Å²) in [5.74, 6) is -12.8. The molecule has 1 aromatic carbocycles. The third-order valence-corrected chi connectivity index (χ3v) is 16.1. The van der Waals surface area contributed by atoms with Gasteiger partial charge in [-0.05, 0) is 88.8 Å². The molecule has 28 heteroatoms. The van der Waals surface area contributed by atoms with Crippen molar-refractivity contribution in [2.24, 2.45) is 35.1 Å². The zero-order valence-electron chi connectivity index (χ0n) is 52.6. The highest BCUT2D eigenvalue weighted by Crippen LogP contribution is 2.20. The number of hydrogen-bond acceptors (Lipinski definition) is 17. The van der Waals surface area contributed by atoms with Crippen LogP contribution >= 0.6 is 0 Å². The van der Waals surface area contributed by atoms with Gasteiger partial charge in [0, 0.05) is 13.5 Å². The summed E-state index contributed by atoms with van der Waals surface area (Å²) in [4.78, 5) is 167. The molecule has 1 heterocycles. The Kier molecular flexibility index (Phi) is 33.2. The number of nitrogens with zero attached hydrogens (tertiary/aromatic N) is 1. The van der Waals surface area contributed by atoms with E-state index in [1.54, 1.807) is 62.4 Å². The molecule has 0 unspecified atom stereocenters. The first-order valence-corrected chi connectivity index (χ1v) is 30.2. The third-order valence-electron chi connectivity index (χ3n) is 16.1. The number of hydrogen-bond donors (Lipinski definition) is 14. The van der Waals surface area contributed by atoms with Crippen molar-refractivity contribution in [2.75, 3.05) is 33.9 Å². The van der Waals surface area contributed by atoms with Gasteiger partial charge in [-0.3, -0.25) is 52.7 Å². The number of benzene rings is 1. The van der Waals surface area contributed by atoms with Crippen molar-refractivity contribution >= 4 is 70.9 Å². The fourth-order valence-corrected chi connectivity index (χ4v) is 9.52. The average molecular weight is 1230 g/mol. The van der Waals surface area contributed by atoms with Gasteiger partial charge in [0.2, 0.25) is 65.0 Å². The van der Waals surface area contributed by atoms with Crippen molar-refractivity contribution in [3.8, 4) is 0 Å². The van der Waals surface area contributed by atoms with Crippen LogP contribution in [0.1, 0.15) is 133 Å². The number of carbonyl (C=O) groups is 12. The first-order valence-electron chi connectivity index (χ1n) is 30.2. The van der Waals surface area contributed by atoms with E-state index in [0.717, 1.165) is 10.5 Å². The van der Waals surface area contributed by atoms with Crippen LogP contribution in [0.25, 0.3) is 0 Å². The number of aliphatic hydroxyl groups is 2. The Labute approximate surface area is 510 Å². The maximum atomic E-state index is 14.7. The number of aliphatic hydroxyl groups excluding tert-OH is 2. The number of ether oxygens (including phenoxy) is 1. The van der Waals surface area contributed by atoms with E-state index in [2.05, 4.69) is 53.2 Å². The Hall–Kier alpha value is -7.30. The lowest BCUT2D eigenvalue weighted by atomic mass is 9.93. The molecule has 28 nitrogen and oxygen atoms in total. The SMILES string of the molecule is CC[C@H](C)[C@H](NC(=O)[C@@H](Cc1ccccc1)NC)C(=O)N[C@@H](CO)C(=O)N[C@H](CCC(N)=O)C(=O)N[C@@H](C(=O)N(C)[C@H](C(=O)N[C@@H](CO)C(=O)N[C@H]1C(=O)N[C@@H](C)C(=O)N[C@@H](CCCCN)C(=O)N[C@@H]([C@@H](C)CC)C(=O)O[C@H]1C)[C@@H](C)CC)[C@@H](C)CC. The minimum atomic E-state index is -1.81. The zero-order valence-corrected chi connectivity index (χ0v) is 52.6. The summed E-state index contributed by atoms with van der Waals surface area (Å²) in [6.07, 6.45) is 0.506. The van der Waals surface area contributed by atoms with Gasteiger partial charge in [-0.2, -0.15) is 0 Å². The molecule has 0 aromatic heterocycles. The molecule has 0 radical (unpaired) electrons. The number of carbonyl (C=O) groups excluding carboxylic acids is 12. The van der Waals surface area contributed by atoms with Gasteiger partial charge in [0.15, 0.2) is 0 Å². The predicted octanol–water partition coefficient (Wildman–Crippen LogP) is -2.46. The summed E-state index contributed by atoms with van der Waals surface area (Å²) in [5, 5.41) is 47.0. The molecule has 0 bridgehead atoms. The van der Waals surface area contributed by atoms with Gasteiger partial charge in [0.25, 0.3) is 0 Å². The van der Waals surface area contributed by atoms with E-state index in [0.29, 0.717) is 38.6 Å². The quantitative estimate of drug-likeness (QED) is 0.0251. The molecule has 87 heavy (non-hydrogen) atoms. The Morgan fingerprint density at radius 1 is 0.644 bits per heavy atom. The van der Waals surface area contributed by atoms with Crippen molar-refractivity contribution < 1.29 is 72.5 Å². The predicted molar refractivity (Wildman–Crippen MR) is 321 cm³/mol. The Balaban J connectivity index is 2.44. The molecular weight excluding hydrogens is 1130 g/mol. The van der Waals surface area contributed by atoms with Crippen molar-refractivity contribution in [3.63, 3.8) is 0 Å². The first kappa shape index (κ1) is 75.8. The van der Waals surface area contributed by atoms with Crippen LogP contribution in [-0.4, -0.2) is 192 Å². The van der Waals surface area contributed by atoms with E-state index in [1.807, 2.05) is 30.3 Å². The van der Waals surface area contributed by atoms with Gasteiger partial charge in [-0.1, -0.05) is 111 Å². The molecule has 1 aromatic rings. The summed E-state index contributed by atoms with van der Waals surface area (Å²) < 4.78 is 5.73. The largest absolute Gasteiger partial charge is 0.458 e. The number of unbranched alkanes of at least 4 members (excludes halogenated alkanes) is 1. The van der Waals surface area contributed by atoms with Gasteiger partial charge in [-0.15, -0.1) is 0 Å². The van der Waals surface area contributed by atoms with E-state index in [-0.39, 0.29) is 19.3 Å². The topological polar surface area (TPSA) is 430 Å². The molecule has 1 fully saturated rings. The smallest absolute Gasteiger partial charge is 0.329 e. The average Bonchev–Trinajstić information content (AvgIpc) is 2.57. The molecule has 2 rings (SSSR count). The van der Waals surface area contributed by atoms with E-state index < -0.39 is 193 Å². The highest BCUT2D eigenvalue weighted by atomic mass is 16.5. The summed E-state index contributed by atoms with van der Waals surface area (Å²) >= 11 is 0. The second-order valence-corrected chi connectivity index (χ2v) is 22.7. The van der Waals surface area contributed by atoms with Crippen molar-refractivity contribution in [1.82, 2.24) is 58.1 Å². The van der Waals surface area contributed by atoms with Crippen LogP contribution in [-0.2, 0) is 68.7 Å². The highest BCUT2D eigenvalue weighted by molar-refractivity contribution is 5.99. The first-order chi connectivity index (χ1) is 41.1. The lowest BCUT2D eigenvalue weighted by Crippen LogP contribution is -2.63. The number of nitrogens with two attached hydrogens (primary N) is 2. The zero-order chi connectivity index (χ0) is 65.8. The lowest BCUT2D eigenvalue weighted by Gasteiger charge is -2.36. The highest BCUT2D eigenvalue weighted by Gasteiger charge is 2.42. The number of cyclic esters (lactones) is 1. The standard InChI is InChI=1S/C59H99N13O15/c1-13-31(5)44(68-52(79)40(62-11)28-37-22-18-17-19-23-37)55(82)66-41(29-73)53(80)65-39(25-26-43(61)75)51(78)69-45(32(6)14-2)58(85)72(12)48(34(8)16-4)57(84)67-42(30-74)54(81)71-47-36(10)87-59(86)46(33(7)15-3)70-50(77)38(24-20-21-27-60)64-49(76)35(9)63-56(47)83/h17-19,22-23,31-36,38-42,44-48,62,73-74H,13-16,20-21,24-30,60H2,1-12H3,(H2,61,75)(H,63,83)(H,64,76)(H,65,80)(H,66,82)(H,67,84)(H,68,79)(H,69,78)(H,70,77)(H,71,81)/t31-,32-,33-,34-,35-,36-,38-,39+,40+,41-,42-,44-,45+,46-,47+,48-/m0/s1. The normalized spacial score (nSPS) is 21.3. The fraction of sp³-hybridized carbons (Fsp3) is 0.695. The molecule has 16 atom stereocenters. The Morgan fingerprint density at radius 3 is 1.74 bits per heavy atom. The van der Waals surface area contributed by atoms with Crippen LogP contribution in [0.3, 0.4) is 0 Å². The Morgan fingerprint density at radius 2 is 1.18 bits per heavy atom. The van der Waals surface area contributed by atoms with E-state index in [9.17, 15) is 67.7 Å². The van der Waals surface area contributed by atoms with Gasteiger partial charge in [0.05, 0.1) is 19.3 Å². The van der Waals surface area contributed by atoms with Gasteiger partial charge in [0.1, 0.15) is 66.5 Å². The van der Waals surface area contributed by atoms with Gasteiger partial charge < -0.3 is 84.5 Å². The maximum absolute atomic E-state index is 14.7. The fourth-order valence-electron chi connectivity index (χ4n) is 9.52. The summed E-state index contributed by atoms with van der Waals surface area (Å²) in [5.41, 5.74) is 12.0. The van der Waals surface area contributed by atoms with Crippen molar-refractivity contribution in [3.05, 3.63) is 35.9 Å². The molecule has 16 N–H and O–H groups in total. The molecule has 0 aliphatic carbocycles. The third kappa shape index (κ3) is 23.4. The monoisotopic (exact) mass is 1230 g/mol. The maximum Gasteiger partial charge on any atom is 0.329 e. The van der Waals surface area contributed by atoms with Crippen LogP contribution in [0.15, 0.2) is 30.3 Å². The number of primary amides is 1. The number of amides is 11. The van der Waals surface area contributed by atoms with Gasteiger partial charge >= 0.3 is 5.97 Å². The van der Waals surface area contributed by atoms with Crippen molar-refractivity contribution in [1.29, 1.82) is 0 Å². The molecule has 1 aliphatic heterocycles. The Bertz CT molecular complexity index is 2470. The van der Waals surface area contributed by atoms with E-state index in [4.69, 9.17) is 16.2 Å². The lowest BCUT2D eigenvalue weighted by molar-refractivity contribution is -0.157. The summed E-state index contributed by atoms with van der Waals surface area (Å²) in [6, 6.07) is -6.02. The molecule has 0 saturated carbocycles. The minimum absolute atomic E-state index is 0.164. The van der Waals surface area contributed by atoms with Crippen LogP contribution in [0.4, 0.5) is 0 Å². The van der Waals surface area contributed by atoms with Crippen LogP contribution in [0.5, 0.6) is 0 Å². The second-order valence-electron chi connectivity index (χ2n) is 22.7. The van der Waals surface area contributed by atoms with Gasteiger partial charge in [-0.25, -0.2) is 4.79 Å². The molecule has 1 aliphatic rings. The number of nitrogens with one attached hydrogen (secondary N) is 10. The van der Waals surface area contributed by atoms with Crippen LogP contribution < -0.4 is 64.6 Å².